The number of hydrogen-bond acceptors (Lipinski definition) is 3. The molecule has 1 atom stereocenters. The summed E-state index contributed by atoms with van der Waals surface area (Å²) in [6, 6.07) is 4.10. The Labute approximate surface area is 115 Å². The molecule has 0 spiro atoms. The van der Waals surface area contributed by atoms with Gasteiger partial charge in [-0.15, -0.1) is 0 Å². The van der Waals surface area contributed by atoms with E-state index in [9.17, 15) is 19.8 Å². The minimum Gasteiger partial charge on any atom is -0.506 e. The summed E-state index contributed by atoms with van der Waals surface area (Å²) in [5.74, 6) is -1.51. The van der Waals surface area contributed by atoms with Gasteiger partial charge in [0, 0.05) is 12.1 Å². The molecule has 5 nitrogen and oxygen atoms in total. The van der Waals surface area contributed by atoms with E-state index in [2.05, 4.69) is 0 Å². The molecule has 2 N–H and O–H groups in total. The predicted molar refractivity (Wildman–Crippen MR) is 69.4 cm³/mol. The highest BCUT2D eigenvalue weighted by Gasteiger charge is 2.46. The molecule has 1 aliphatic heterocycles. The normalized spacial score (nSPS) is 22.5. The summed E-state index contributed by atoms with van der Waals surface area (Å²) in [6.07, 6.45) is 1.08. The van der Waals surface area contributed by atoms with Crippen LogP contribution in [0.4, 0.5) is 0 Å². The van der Waals surface area contributed by atoms with Crippen molar-refractivity contribution >= 4 is 23.5 Å². The zero-order valence-corrected chi connectivity index (χ0v) is 11.1. The quantitative estimate of drug-likeness (QED) is 0.871. The number of carbonyl (C=O) groups excluding carboxylic acids is 1. The van der Waals surface area contributed by atoms with Gasteiger partial charge in [0.05, 0.1) is 5.02 Å². The molecule has 0 aromatic heterocycles. The van der Waals surface area contributed by atoms with Gasteiger partial charge in [0.2, 0.25) is 0 Å². The van der Waals surface area contributed by atoms with E-state index in [1.54, 1.807) is 6.92 Å². The number of hydrogen-bond donors (Lipinski definition) is 2. The molecule has 0 saturated carbocycles. The topological polar surface area (TPSA) is 77.8 Å². The lowest BCUT2D eigenvalue weighted by Gasteiger charge is -2.31. The van der Waals surface area contributed by atoms with Crippen LogP contribution in [0, 0.1) is 0 Å². The van der Waals surface area contributed by atoms with Gasteiger partial charge in [-0.05, 0) is 38.0 Å². The number of aromatic hydroxyl groups is 1. The lowest BCUT2D eigenvalue weighted by atomic mass is 9.98. The van der Waals surface area contributed by atoms with E-state index in [1.165, 1.54) is 23.1 Å². The van der Waals surface area contributed by atoms with Gasteiger partial charge in [0.1, 0.15) is 11.3 Å². The average Bonchev–Trinajstić information content (AvgIpc) is 2.75. The highest BCUT2D eigenvalue weighted by molar-refractivity contribution is 6.32. The number of phenolic OH excluding ortho intramolecular Hbond substituents is 1. The number of phenols is 1. The van der Waals surface area contributed by atoms with Crippen LogP contribution in [-0.4, -0.2) is 39.1 Å². The Kier molecular flexibility index (Phi) is 3.41. The van der Waals surface area contributed by atoms with Crippen LogP contribution in [0.15, 0.2) is 18.2 Å². The second kappa shape index (κ2) is 4.74. The maximum Gasteiger partial charge on any atom is 0.329 e. The SMILES string of the molecule is CC1(C(=O)O)CCCN1C(=O)c1ccc(O)c(Cl)c1. The van der Waals surface area contributed by atoms with Crippen LogP contribution in [0.5, 0.6) is 5.75 Å². The van der Waals surface area contributed by atoms with Crippen molar-refractivity contribution in [3.8, 4) is 5.75 Å². The smallest absolute Gasteiger partial charge is 0.329 e. The molecule has 19 heavy (non-hydrogen) atoms. The van der Waals surface area contributed by atoms with Gasteiger partial charge >= 0.3 is 5.97 Å². The molecule has 1 unspecified atom stereocenters. The first-order valence-electron chi connectivity index (χ1n) is 5.90. The molecule has 2 rings (SSSR count). The predicted octanol–water partition coefficient (Wildman–Crippen LogP) is 2.12. The standard InChI is InChI=1S/C13H14ClNO4/c1-13(12(18)19)5-2-6-15(13)11(17)8-3-4-10(16)9(14)7-8/h3-4,7,16H,2,5-6H2,1H3,(H,18,19). The lowest BCUT2D eigenvalue weighted by molar-refractivity contribution is -0.147. The van der Waals surface area contributed by atoms with E-state index < -0.39 is 11.5 Å². The number of carboxylic acids is 1. The van der Waals surface area contributed by atoms with E-state index in [0.717, 1.165) is 0 Å². The average molecular weight is 284 g/mol. The summed E-state index contributed by atoms with van der Waals surface area (Å²) >= 11 is 5.76. The van der Waals surface area contributed by atoms with Crippen LogP contribution < -0.4 is 0 Å². The Morgan fingerprint density at radius 2 is 2.11 bits per heavy atom. The summed E-state index contributed by atoms with van der Waals surface area (Å²) in [5.41, 5.74) is -0.904. The Morgan fingerprint density at radius 3 is 2.68 bits per heavy atom. The van der Waals surface area contributed by atoms with Crippen LogP contribution in [-0.2, 0) is 4.79 Å². The summed E-state index contributed by atoms with van der Waals surface area (Å²) in [5, 5.41) is 18.7. The van der Waals surface area contributed by atoms with Crippen LogP contribution in [0.25, 0.3) is 0 Å². The second-order valence-electron chi connectivity index (χ2n) is 4.81. The number of amides is 1. The first kappa shape index (κ1) is 13.7. The molecule has 1 aromatic rings. The number of carbonyl (C=O) groups is 2. The molecule has 1 aliphatic rings. The van der Waals surface area contributed by atoms with Gasteiger partial charge in [-0.25, -0.2) is 4.79 Å². The number of likely N-dealkylation sites (tertiary alicyclic amines) is 1. The molecular formula is C13H14ClNO4. The Hall–Kier alpha value is -1.75. The first-order valence-corrected chi connectivity index (χ1v) is 6.28. The summed E-state index contributed by atoms with van der Waals surface area (Å²) in [7, 11) is 0. The first-order chi connectivity index (χ1) is 8.86. The molecule has 1 aromatic carbocycles. The highest BCUT2D eigenvalue weighted by Crippen LogP contribution is 2.32. The van der Waals surface area contributed by atoms with Crippen molar-refractivity contribution in [3.63, 3.8) is 0 Å². The summed E-state index contributed by atoms with van der Waals surface area (Å²) in [4.78, 5) is 25.0. The van der Waals surface area contributed by atoms with Gasteiger partial charge in [-0.3, -0.25) is 4.79 Å². The highest BCUT2D eigenvalue weighted by atomic mass is 35.5. The van der Waals surface area contributed by atoms with Crippen molar-refractivity contribution in [2.24, 2.45) is 0 Å². The molecule has 1 fully saturated rings. The third kappa shape index (κ3) is 2.26. The summed E-state index contributed by atoms with van der Waals surface area (Å²) in [6.45, 7) is 1.95. The Bertz CT molecular complexity index is 545. The largest absolute Gasteiger partial charge is 0.506 e. The second-order valence-corrected chi connectivity index (χ2v) is 5.21. The van der Waals surface area contributed by atoms with Crippen LogP contribution in [0.2, 0.25) is 5.02 Å². The van der Waals surface area contributed by atoms with Crippen molar-refractivity contribution in [2.75, 3.05) is 6.54 Å². The Balaban J connectivity index is 2.33. The number of benzene rings is 1. The number of rotatable bonds is 2. The number of aliphatic carboxylic acids is 1. The molecule has 0 bridgehead atoms. The maximum atomic E-state index is 12.4. The lowest BCUT2D eigenvalue weighted by Crippen LogP contribution is -2.50. The molecule has 1 heterocycles. The minimum absolute atomic E-state index is 0.0714. The molecule has 1 amide bonds. The maximum absolute atomic E-state index is 12.4. The fraction of sp³-hybridized carbons (Fsp3) is 0.385. The van der Waals surface area contributed by atoms with Gasteiger partial charge in [-0.2, -0.15) is 0 Å². The zero-order chi connectivity index (χ0) is 14.2. The molecule has 0 radical (unpaired) electrons. The van der Waals surface area contributed by atoms with Crippen LogP contribution in [0.1, 0.15) is 30.1 Å². The summed E-state index contributed by atoms with van der Waals surface area (Å²) < 4.78 is 0. The molecule has 102 valence electrons. The zero-order valence-electron chi connectivity index (χ0n) is 10.4. The van der Waals surface area contributed by atoms with Gasteiger partial charge in [0.25, 0.3) is 5.91 Å². The fourth-order valence-electron chi connectivity index (χ4n) is 2.31. The van der Waals surface area contributed by atoms with Crippen LogP contribution >= 0.6 is 11.6 Å². The van der Waals surface area contributed by atoms with Gasteiger partial charge < -0.3 is 15.1 Å². The van der Waals surface area contributed by atoms with Crippen LogP contribution in [0.3, 0.4) is 0 Å². The molecular weight excluding hydrogens is 270 g/mol. The van der Waals surface area contributed by atoms with Crippen molar-refractivity contribution in [2.45, 2.75) is 25.3 Å². The van der Waals surface area contributed by atoms with E-state index in [4.69, 9.17) is 11.6 Å². The molecule has 6 heteroatoms. The number of halogens is 1. The number of nitrogens with zero attached hydrogens (tertiary/aromatic N) is 1. The third-order valence-electron chi connectivity index (χ3n) is 3.54. The molecule has 0 aliphatic carbocycles. The minimum atomic E-state index is -1.18. The van der Waals surface area contributed by atoms with Crippen molar-refractivity contribution in [1.82, 2.24) is 4.90 Å². The van der Waals surface area contributed by atoms with Gasteiger partial charge in [-0.1, -0.05) is 11.6 Å². The van der Waals surface area contributed by atoms with E-state index >= 15 is 0 Å². The van der Waals surface area contributed by atoms with E-state index in [1.807, 2.05) is 0 Å². The van der Waals surface area contributed by atoms with Crippen molar-refractivity contribution < 1.29 is 19.8 Å². The third-order valence-corrected chi connectivity index (χ3v) is 3.84. The van der Waals surface area contributed by atoms with Crippen molar-refractivity contribution in [3.05, 3.63) is 28.8 Å². The fourth-order valence-corrected chi connectivity index (χ4v) is 2.49. The molecule has 1 saturated heterocycles. The Morgan fingerprint density at radius 1 is 1.42 bits per heavy atom. The van der Waals surface area contributed by atoms with E-state index in [0.29, 0.717) is 19.4 Å². The number of carboxylic acid groups (broad SMARTS) is 1. The van der Waals surface area contributed by atoms with Crippen molar-refractivity contribution in [1.29, 1.82) is 0 Å². The van der Waals surface area contributed by atoms with Gasteiger partial charge in [0.15, 0.2) is 0 Å². The monoisotopic (exact) mass is 283 g/mol. The van der Waals surface area contributed by atoms with E-state index in [-0.39, 0.29) is 22.2 Å².